The molecule has 0 aromatic carbocycles. The van der Waals surface area contributed by atoms with Crippen LogP contribution >= 0.6 is 11.8 Å². The second kappa shape index (κ2) is 9.93. The zero-order valence-electron chi connectivity index (χ0n) is 13.3. The molecule has 0 rings (SSSR count). The number of hydrogen-bond donors (Lipinski definition) is 1. The molecule has 20 heavy (non-hydrogen) atoms. The van der Waals surface area contributed by atoms with Crippen LogP contribution < -0.4 is 5.32 Å². The van der Waals surface area contributed by atoms with Crippen molar-refractivity contribution in [2.24, 2.45) is 11.3 Å². The van der Waals surface area contributed by atoms with Crippen LogP contribution in [-0.4, -0.2) is 24.4 Å². The van der Waals surface area contributed by atoms with Crippen molar-refractivity contribution in [3.63, 3.8) is 0 Å². The smallest absolute Gasteiger partial charge is 0.316 e. The maximum atomic E-state index is 12.3. The number of halogens is 3. The number of rotatable bonds is 11. The lowest BCUT2D eigenvalue weighted by Gasteiger charge is -2.34. The standard InChI is InChI=1S/C15H30F3NS/c1-5-7-8-14(6-2,12-19-11-13(3)4)9-10-20-15(16,17)18/h13,19H,5-12H2,1-4H3. The molecule has 1 unspecified atom stereocenters. The lowest BCUT2D eigenvalue weighted by molar-refractivity contribution is -0.0329. The highest BCUT2D eigenvalue weighted by molar-refractivity contribution is 8.00. The Hall–Kier alpha value is 0.1000. The Bertz CT molecular complexity index is 244. The highest BCUT2D eigenvalue weighted by atomic mass is 32.2. The molecule has 0 spiro atoms. The minimum Gasteiger partial charge on any atom is -0.316 e. The predicted molar refractivity (Wildman–Crippen MR) is 83.1 cm³/mol. The van der Waals surface area contributed by atoms with E-state index < -0.39 is 5.51 Å². The quantitative estimate of drug-likeness (QED) is 0.543. The van der Waals surface area contributed by atoms with E-state index in [0.717, 1.165) is 38.8 Å². The monoisotopic (exact) mass is 313 g/mol. The molecule has 1 N–H and O–H groups in total. The van der Waals surface area contributed by atoms with Gasteiger partial charge in [-0.05, 0) is 37.1 Å². The van der Waals surface area contributed by atoms with E-state index in [2.05, 4.69) is 33.0 Å². The molecule has 0 saturated carbocycles. The van der Waals surface area contributed by atoms with Gasteiger partial charge in [-0.15, -0.1) is 0 Å². The van der Waals surface area contributed by atoms with E-state index in [1.54, 1.807) is 0 Å². The average Bonchev–Trinajstić information content (AvgIpc) is 2.33. The molecule has 0 aromatic heterocycles. The summed E-state index contributed by atoms with van der Waals surface area (Å²) in [5.74, 6) is 0.741. The van der Waals surface area contributed by atoms with Gasteiger partial charge in [-0.2, -0.15) is 13.2 Å². The van der Waals surface area contributed by atoms with Crippen LogP contribution in [0.1, 0.15) is 59.8 Å². The predicted octanol–water partition coefficient (Wildman–Crippen LogP) is 5.46. The van der Waals surface area contributed by atoms with Gasteiger partial charge in [0.05, 0.1) is 0 Å². The van der Waals surface area contributed by atoms with Crippen LogP contribution in [0.25, 0.3) is 0 Å². The van der Waals surface area contributed by atoms with Gasteiger partial charge < -0.3 is 5.32 Å². The molecule has 0 amide bonds. The van der Waals surface area contributed by atoms with E-state index in [1.807, 2.05) is 0 Å². The summed E-state index contributed by atoms with van der Waals surface area (Å²) in [6.07, 6.45) is 4.78. The van der Waals surface area contributed by atoms with Crippen LogP contribution in [0.3, 0.4) is 0 Å². The highest BCUT2D eigenvalue weighted by Crippen LogP contribution is 2.37. The van der Waals surface area contributed by atoms with Crippen molar-refractivity contribution in [1.82, 2.24) is 5.32 Å². The van der Waals surface area contributed by atoms with E-state index in [4.69, 9.17) is 0 Å². The zero-order chi connectivity index (χ0) is 15.6. The van der Waals surface area contributed by atoms with Crippen LogP contribution in [-0.2, 0) is 0 Å². The van der Waals surface area contributed by atoms with E-state index in [9.17, 15) is 13.2 Å². The van der Waals surface area contributed by atoms with E-state index in [0.29, 0.717) is 12.3 Å². The molecule has 0 saturated heterocycles. The number of alkyl halides is 3. The minimum absolute atomic E-state index is 0.0170. The fourth-order valence-corrected chi connectivity index (χ4v) is 3.11. The Morgan fingerprint density at radius 2 is 1.75 bits per heavy atom. The molecule has 0 bridgehead atoms. The van der Waals surface area contributed by atoms with E-state index in [1.165, 1.54) is 0 Å². The van der Waals surface area contributed by atoms with Crippen molar-refractivity contribution in [3.8, 4) is 0 Å². The summed E-state index contributed by atoms with van der Waals surface area (Å²) in [5.41, 5.74) is -4.08. The molecular formula is C15H30F3NS. The molecular weight excluding hydrogens is 283 g/mol. The minimum atomic E-state index is -4.10. The second-order valence-corrected chi connectivity index (χ2v) is 7.19. The summed E-state index contributed by atoms with van der Waals surface area (Å²) in [6.45, 7) is 10.3. The zero-order valence-corrected chi connectivity index (χ0v) is 14.1. The number of thioether (sulfide) groups is 1. The Balaban J connectivity index is 4.41. The molecule has 0 aliphatic carbocycles. The first-order valence-corrected chi connectivity index (χ1v) is 8.64. The van der Waals surface area contributed by atoms with Crippen molar-refractivity contribution in [2.75, 3.05) is 18.8 Å². The number of unbranched alkanes of at least 4 members (excludes halogenated alkanes) is 1. The van der Waals surface area contributed by atoms with E-state index in [-0.39, 0.29) is 22.9 Å². The van der Waals surface area contributed by atoms with Crippen LogP contribution in [0.2, 0.25) is 0 Å². The van der Waals surface area contributed by atoms with Crippen LogP contribution in [0.15, 0.2) is 0 Å². The van der Waals surface area contributed by atoms with Crippen LogP contribution in [0, 0.1) is 11.3 Å². The first-order valence-electron chi connectivity index (χ1n) is 7.66. The van der Waals surface area contributed by atoms with Crippen LogP contribution in [0.5, 0.6) is 0 Å². The molecule has 1 nitrogen and oxygen atoms in total. The summed E-state index contributed by atoms with van der Waals surface area (Å²) >= 11 is 0.121. The van der Waals surface area contributed by atoms with Gasteiger partial charge in [0.2, 0.25) is 0 Å². The fourth-order valence-electron chi connectivity index (χ4n) is 2.34. The Labute approximate surface area is 126 Å². The molecule has 0 fully saturated rings. The maximum absolute atomic E-state index is 12.3. The Kier molecular flexibility index (Phi) is 9.98. The van der Waals surface area contributed by atoms with Crippen molar-refractivity contribution < 1.29 is 13.2 Å². The molecule has 0 aliphatic heterocycles. The van der Waals surface area contributed by atoms with Crippen LogP contribution in [0.4, 0.5) is 13.2 Å². The molecule has 0 heterocycles. The molecule has 1 atom stereocenters. The second-order valence-electron chi connectivity index (χ2n) is 6.03. The summed E-state index contributed by atoms with van der Waals surface area (Å²) < 4.78 is 36.9. The third-order valence-electron chi connectivity index (χ3n) is 3.76. The van der Waals surface area contributed by atoms with Gasteiger partial charge in [0, 0.05) is 12.3 Å². The van der Waals surface area contributed by atoms with Gasteiger partial charge in [-0.25, -0.2) is 0 Å². The van der Waals surface area contributed by atoms with Gasteiger partial charge in [0.1, 0.15) is 0 Å². The molecule has 0 radical (unpaired) electrons. The van der Waals surface area contributed by atoms with Gasteiger partial charge in [0.15, 0.2) is 0 Å². The van der Waals surface area contributed by atoms with E-state index >= 15 is 0 Å². The topological polar surface area (TPSA) is 12.0 Å². The highest BCUT2D eigenvalue weighted by Gasteiger charge is 2.32. The third kappa shape index (κ3) is 9.92. The van der Waals surface area contributed by atoms with Crippen molar-refractivity contribution in [2.45, 2.75) is 65.3 Å². The van der Waals surface area contributed by atoms with Crippen molar-refractivity contribution in [3.05, 3.63) is 0 Å². The average molecular weight is 313 g/mol. The normalized spacial score (nSPS) is 15.6. The molecule has 0 aliphatic rings. The lowest BCUT2D eigenvalue weighted by atomic mass is 9.77. The lowest BCUT2D eigenvalue weighted by Crippen LogP contribution is -2.36. The SMILES string of the molecule is CCCCC(CC)(CCSC(F)(F)F)CNCC(C)C. The Morgan fingerprint density at radius 1 is 1.10 bits per heavy atom. The van der Waals surface area contributed by atoms with Gasteiger partial charge in [-0.1, -0.05) is 52.3 Å². The molecule has 0 aromatic rings. The van der Waals surface area contributed by atoms with Gasteiger partial charge >= 0.3 is 5.51 Å². The van der Waals surface area contributed by atoms with Gasteiger partial charge in [0.25, 0.3) is 0 Å². The van der Waals surface area contributed by atoms with Gasteiger partial charge in [-0.3, -0.25) is 0 Å². The summed E-state index contributed by atoms with van der Waals surface area (Å²) in [7, 11) is 0. The Morgan fingerprint density at radius 3 is 2.20 bits per heavy atom. The summed E-state index contributed by atoms with van der Waals surface area (Å²) in [4.78, 5) is 0. The molecule has 122 valence electrons. The third-order valence-corrected chi connectivity index (χ3v) is 4.50. The summed E-state index contributed by atoms with van der Waals surface area (Å²) in [6, 6.07) is 0. The van der Waals surface area contributed by atoms with Crippen molar-refractivity contribution in [1.29, 1.82) is 0 Å². The maximum Gasteiger partial charge on any atom is 0.441 e. The first kappa shape index (κ1) is 20.1. The number of hydrogen-bond acceptors (Lipinski definition) is 2. The number of nitrogens with one attached hydrogen (secondary N) is 1. The van der Waals surface area contributed by atoms with Crippen molar-refractivity contribution >= 4 is 11.8 Å². The first-order chi connectivity index (χ1) is 9.24. The fraction of sp³-hybridized carbons (Fsp3) is 1.00. The molecule has 5 heteroatoms. The summed E-state index contributed by atoms with van der Waals surface area (Å²) in [5, 5.41) is 3.44. The largest absolute Gasteiger partial charge is 0.441 e.